The average Bonchev–Trinajstić information content (AvgIpc) is 2.79. The highest BCUT2D eigenvalue weighted by atomic mass is 16.6. The smallest absolute Gasteiger partial charge is 0.408 e. The fourth-order valence-corrected chi connectivity index (χ4v) is 3.89. The number of hydrogen-bond acceptors (Lipinski definition) is 8. The van der Waals surface area contributed by atoms with Crippen LogP contribution in [-0.4, -0.2) is 70.1 Å². The van der Waals surface area contributed by atoms with Crippen LogP contribution < -0.4 is 16.4 Å². The van der Waals surface area contributed by atoms with Crippen molar-refractivity contribution in [3.63, 3.8) is 0 Å². The maximum atomic E-state index is 14.1. The van der Waals surface area contributed by atoms with E-state index in [2.05, 4.69) is 10.6 Å². The van der Waals surface area contributed by atoms with E-state index in [0.29, 0.717) is 11.1 Å². The van der Waals surface area contributed by atoms with Gasteiger partial charge in [-0.15, -0.1) is 0 Å². The lowest BCUT2D eigenvalue weighted by molar-refractivity contribution is -0.149. The molecule has 2 unspecified atom stereocenters. The lowest BCUT2D eigenvalue weighted by Gasteiger charge is -2.43. The van der Waals surface area contributed by atoms with Crippen LogP contribution in [0.25, 0.3) is 0 Å². The monoisotopic (exact) mass is 564 g/mol. The zero-order valence-electron chi connectivity index (χ0n) is 24.8. The Morgan fingerprint density at radius 1 is 1.05 bits per heavy atom. The molecule has 1 aromatic rings. The Hall–Kier alpha value is -3.83. The summed E-state index contributed by atoms with van der Waals surface area (Å²) in [5.41, 5.74) is 4.36. The summed E-state index contributed by atoms with van der Waals surface area (Å²) < 4.78 is 10.2. The van der Waals surface area contributed by atoms with Crippen molar-refractivity contribution in [1.82, 2.24) is 15.5 Å². The summed E-state index contributed by atoms with van der Waals surface area (Å²) in [7, 11) is 0. The van der Waals surface area contributed by atoms with Gasteiger partial charge in [0.05, 0.1) is 13.0 Å². The van der Waals surface area contributed by atoms with E-state index in [1.54, 1.807) is 61.5 Å². The number of primary amides is 1. The normalized spacial score (nSPS) is 13.0. The summed E-state index contributed by atoms with van der Waals surface area (Å²) in [6.07, 6.45) is -1.30. The minimum atomic E-state index is -1.25. The summed E-state index contributed by atoms with van der Waals surface area (Å²) in [5.74, 6) is -2.41. The van der Waals surface area contributed by atoms with Crippen LogP contribution in [0.5, 0.6) is 5.75 Å². The van der Waals surface area contributed by atoms with E-state index in [4.69, 9.17) is 15.2 Å². The number of alkyl carbamates (subject to hydrolysis) is 1. The first kappa shape index (κ1) is 34.2. The van der Waals surface area contributed by atoms with Gasteiger partial charge in [-0.3, -0.25) is 19.2 Å². The topological polar surface area (TPSA) is 177 Å². The number of benzene rings is 1. The number of aryl methyl sites for hydroxylation is 1. The fourth-order valence-electron chi connectivity index (χ4n) is 3.89. The number of esters is 1. The van der Waals surface area contributed by atoms with Crippen molar-refractivity contribution in [2.75, 3.05) is 13.2 Å². The molecule has 0 radical (unpaired) electrons. The largest absolute Gasteiger partial charge is 0.508 e. The summed E-state index contributed by atoms with van der Waals surface area (Å²) in [5, 5.41) is 15.3. The molecule has 0 saturated carbocycles. The number of nitrogens with one attached hydrogen (secondary N) is 2. The van der Waals surface area contributed by atoms with Crippen LogP contribution in [0.2, 0.25) is 0 Å². The number of amides is 4. The Labute approximate surface area is 235 Å². The molecule has 0 fully saturated rings. The molecule has 0 aliphatic heterocycles. The van der Waals surface area contributed by atoms with Gasteiger partial charge in [-0.25, -0.2) is 4.79 Å². The second-order valence-corrected chi connectivity index (χ2v) is 11.4. The van der Waals surface area contributed by atoms with Gasteiger partial charge in [-0.05, 0) is 85.1 Å². The second-order valence-electron chi connectivity index (χ2n) is 11.4. The standard InChI is InChI=1S/C28H44N4O8/c1-9-39-22(35)14-15-30-24(36)23(18-10-12-20(33)17(2)16-18)32(27(3,4)5)25(37)19(11-13-21(29)34)31-26(38)40-28(6,7)8/h10,12,16,19,23,33H,9,11,13-15H2,1-8H3,(H2,29,34)(H,30,36)(H,31,38). The molecule has 0 spiro atoms. The molecule has 40 heavy (non-hydrogen) atoms. The highest BCUT2D eigenvalue weighted by Gasteiger charge is 2.42. The van der Waals surface area contributed by atoms with Crippen molar-refractivity contribution < 1.29 is 38.6 Å². The maximum Gasteiger partial charge on any atom is 0.408 e. The number of ether oxygens (including phenoxy) is 2. The molecule has 0 heterocycles. The van der Waals surface area contributed by atoms with Crippen molar-refractivity contribution in [2.24, 2.45) is 5.73 Å². The van der Waals surface area contributed by atoms with Gasteiger partial charge in [0, 0.05) is 18.5 Å². The van der Waals surface area contributed by atoms with E-state index >= 15 is 0 Å². The first-order valence-electron chi connectivity index (χ1n) is 13.2. The maximum absolute atomic E-state index is 14.1. The minimum Gasteiger partial charge on any atom is -0.508 e. The average molecular weight is 565 g/mol. The Balaban J connectivity index is 3.56. The van der Waals surface area contributed by atoms with Crippen molar-refractivity contribution in [2.45, 2.75) is 97.9 Å². The van der Waals surface area contributed by atoms with E-state index in [9.17, 15) is 29.1 Å². The van der Waals surface area contributed by atoms with Crippen LogP contribution in [0.3, 0.4) is 0 Å². The molecular formula is C28H44N4O8. The predicted octanol–water partition coefficient (Wildman–Crippen LogP) is 2.60. The van der Waals surface area contributed by atoms with Gasteiger partial charge >= 0.3 is 12.1 Å². The van der Waals surface area contributed by atoms with Gasteiger partial charge in [0.25, 0.3) is 0 Å². The highest BCUT2D eigenvalue weighted by molar-refractivity contribution is 5.93. The molecule has 4 amide bonds. The Kier molecular flexibility index (Phi) is 12.4. The van der Waals surface area contributed by atoms with Gasteiger partial charge in [0.1, 0.15) is 23.4 Å². The van der Waals surface area contributed by atoms with Crippen LogP contribution in [-0.2, 0) is 28.7 Å². The van der Waals surface area contributed by atoms with Crippen molar-refractivity contribution >= 4 is 29.8 Å². The van der Waals surface area contributed by atoms with E-state index in [1.807, 2.05) is 0 Å². The lowest BCUT2D eigenvalue weighted by atomic mass is 9.93. The molecule has 224 valence electrons. The molecule has 1 aromatic carbocycles. The van der Waals surface area contributed by atoms with Crippen LogP contribution in [0.4, 0.5) is 4.79 Å². The number of nitrogens with two attached hydrogens (primary N) is 1. The van der Waals surface area contributed by atoms with Gasteiger partial charge in [-0.2, -0.15) is 0 Å². The van der Waals surface area contributed by atoms with E-state index in [0.717, 1.165) is 0 Å². The summed E-state index contributed by atoms with van der Waals surface area (Å²) in [6, 6.07) is 2.03. The third-order valence-electron chi connectivity index (χ3n) is 5.61. The predicted molar refractivity (Wildman–Crippen MR) is 148 cm³/mol. The number of nitrogens with zero attached hydrogens (tertiary/aromatic N) is 1. The molecule has 0 saturated heterocycles. The molecule has 2 atom stereocenters. The quantitative estimate of drug-likeness (QED) is 0.280. The molecule has 0 aromatic heterocycles. The number of rotatable bonds is 12. The molecule has 12 heteroatoms. The number of carbonyl (C=O) groups excluding carboxylic acids is 5. The number of phenols is 1. The highest BCUT2D eigenvalue weighted by Crippen LogP contribution is 2.32. The number of aromatic hydroxyl groups is 1. The summed E-state index contributed by atoms with van der Waals surface area (Å²) in [4.78, 5) is 65.1. The number of hydrogen-bond donors (Lipinski definition) is 4. The van der Waals surface area contributed by atoms with Gasteiger partial charge in [0.15, 0.2) is 0 Å². The van der Waals surface area contributed by atoms with Crippen molar-refractivity contribution in [1.29, 1.82) is 0 Å². The van der Waals surface area contributed by atoms with Crippen LogP contribution in [0.15, 0.2) is 18.2 Å². The van der Waals surface area contributed by atoms with Gasteiger partial charge in [0.2, 0.25) is 17.7 Å². The fraction of sp³-hybridized carbons (Fsp3) is 0.607. The lowest BCUT2D eigenvalue weighted by Crippen LogP contribution is -2.58. The summed E-state index contributed by atoms with van der Waals surface area (Å²) in [6.45, 7) is 13.6. The van der Waals surface area contributed by atoms with Gasteiger partial charge in [-0.1, -0.05) is 6.07 Å². The van der Waals surface area contributed by atoms with E-state index in [-0.39, 0.29) is 38.2 Å². The number of phenolic OH excluding ortho intramolecular Hbond substituents is 1. The van der Waals surface area contributed by atoms with Crippen molar-refractivity contribution in [3.05, 3.63) is 29.3 Å². The van der Waals surface area contributed by atoms with E-state index in [1.165, 1.54) is 17.0 Å². The van der Waals surface area contributed by atoms with Gasteiger partial charge < -0.3 is 35.8 Å². The third kappa shape index (κ3) is 11.1. The molecule has 0 bridgehead atoms. The Bertz CT molecular complexity index is 1080. The van der Waals surface area contributed by atoms with Crippen molar-refractivity contribution in [3.8, 4) is 5.75 Å². The second kappa shape index (κ2) is 14.5. The minimum absolute atomic E-state index is 0.00443. The molecular weight excluding hydrogens is 520 g/mol. The first-order chi connectivity index (χ1) is 18.4. The first-order valence-corrected chi connectivity index (χ1v) is 13.2. The zero-order valence-corrected chi connectivity index (χ0v) is 24.8. The molecule has 5 N–H and O–H groups in total. The molecule has 0 aliphatic carbocycles. The Morgan fingerprint density at radius 2 is 1.68 bits per heavy atom. The SMILES string of the molecule is CCOC(=O)CCNC(=O)C(c1ccc(O)c(C)c1)N(C(=O)C(CCC(N)=O)NC(=O)OC(C)(C)C)C(C)(C)C. The molecule has 12 nitrogen and oxygen atoms in total. The third-order valence-corrected chi connectivity index (χ3v) is 5.61. The molecule has 1 rings (SSSR count). The van der Waals surface area contributed by atoms with Crippen LogP contribution >= 0.6 is 0 Å². The van der Waals surface area contributed by atoms with E-state index < -0.39 is 53.0 Å². The molecule has 0 aliphatic rings. The van der Waals surface area contributed by atoms with Crippen LogP contribution in [0, 0.1) is 6.92 Å². The Morgan fingerprint density at radius 3 is 2.17 bits per heavy atom. The zero-order chi connectivity index (χ0) is 30.8. The van der Waals surface area contributed by atoms with Crippen LogP contribution in [0.1, 0.15) is 84.9 Å². The summed E-state index contributed by atoms with van der Waals surface area (Å²) >= 11 is 0. The number of carbonyl (C=O) groups is 5.